The van der Waals surface area contributed by atoms with Gasteiger partial charge in [0.15, 0.2) is 5.96 Å². The highest BCUT2D eigenvalue weighted by atomic mass is 32.2. The molecule has 0 amide bonds. The molecule has 1 aromatic rings. The number of hydrogen-bond donors (Lipinski definition) is 2. The molecule has 0 aromatic heterocycles. The Hall–Kier alpha value is -1.40. The van der Waals surface area contributed by atoms with E-state index in [1.165, 1.54) is 6.42 Å². The van der Waals surface area contributed by atoms with Crippen molar-refractivity contribution in [2.45, 2.75) is 45.4 Å². The number of nitrogens with one attached hydrogen (secondary N) is 2. The van der Waals surface area contributed by atoms with Crippen LogP contribution in [0.2, 0.25) is 0 Å². The van der Waals surface area contributed by atoms with Crippen LogP contribution in [0.5, 0.6) is 0 Å². The lowest BCUT2D eigenvalue weighted by molar-refractivity contribution is 0.292. The van der Waals surface area contributed by atoms with Crippen LogP contribution in [-0.4, -0.2) is 60.1 Å². The Morgan fingerprint density at radius 3 is 2.54 bits per heavy atom. The minimum absolute atomic E-state index is 0.367. The molecule has 0 aliphatic heterocycles. The van der Waals surface area contributed by atoms with Crippen molar-refractivity contribution in [2.75, 3.05) is 39.0 Å². The summed E-state index contributed by atoms with van der Waals surface area (Å²) in [7, 11) is 0.911. The van der Waals surface area contributed by atoms with Crippen LogP contribution in [0.1, 0.15) is 39.2 Å². The van der Waals surface area contributed by atoms with Gasteiger partial charge in [0.05, 0.1) is 0 Å². The summed E-state index contributed by atoms with van der Waals surface area (Å²) in [4.78, 5) is 6.72. The van der Waals surface area contributed by atoms with E-state index in [2.05, 4.69) is 41.3 Å². The molecule has 2 unspecified atom stereocenters. The molecular formula is C20H36N4OS. The number of rotatable bonds is 12. The fraction of sp³-hybridized carbons (Fsp3) is 0.650. The van der Waals surface area contributed by atoms with Crippen molar-refractivity contribution in [1.29, 1.82) is 0 Å². The molecule has 0 radical (unpaired) electrons. The van der Waals surface area contributed by atoms with Crippen molar-refractivity contribution in [1.82, 2.24) is 15.5 Å². The van der Waals surface area contributed by atoms with Crippen molar-refractivity contribution in [3.05, 3.63) is 35.9 Å². The van der Waals surface area contributed by atoms with Gasteiger partial charge in [-0.15, -0.1) is 0 Å². The molecule has 26 heavy (non-hydrogen) atoms. The molecule has 2 N–H and O–H groups in total. The van der Waals surface area contributed by atoms with Gasteiger partial charge in [0.2, 0.25) is 0 Å². The van der Waals surface area contributed by atoms with E-state index in [0.717, 1.165) is 37.6 Å². The van der Waals surface area contributed by atoms with Gasteiger partial charge in [-0.3, -0.25) is 9.20 Å². The SMILES string of the molecule is CCN(CC)CCCC(C)NC(=NC)NCCS(=O)Cc1ccccc1. The lowest BCUT2D eigenvalue weighted by Gasteiger charge is -2.21. The molecular weight excluding hydrogens is 344 g/mol. The molecule has 0 heterocycles. The average molecular weight is 381 g/mol. The van der Waals surface area contributed by atoms with Crippen molar-refractivity contribution in [3.8, 4) is 0 Å². The second-order valence-electron chi connectivity index (χ2n) is 6.49. The van der Waals surface area contributed by atoms with Gasteiger partial charge >= 0.3 is 0 Å². The van der Waals surface area contributed by atoms with Crippen molar-refractivity contribution in [2.24, 2.45) is 4.99 Å². The van der Waals surface area contributed by atoms with Gasteiger partial charge in [-0.1, -0.05) is 44.2 Å². The monoisotopic (exact) mass is 380 g/mol. The summed E-state index contributed by atoms with van der Waals surface area (Å²) in [5.74, 6) is 2.01. The zero-order chi connectivity index (χ0) is 19.2. The topological polar surface area (TPSA) is 56.7 Å². The Morgan fingerprint density at radius 1 is 1.23 bits per heavy atom. The number of nitrogens with zero attached hydrogens (tertiary/aromatic N) is 2. The molecule has 0 bridgehead atoms. The van der Waals surface area contributed by atoms with E-state index in [1.54, 1.807) is 7.05 Å². The lowest BCUT2D eigenvalue weighted by atomic mass is 10.2. The third-order valence-electron chi connectivity index (χ3n) is 4.41. The molecule has 5 nitrogen and oxygen atoms in total. The third-order valence-corrected chi connectivity index (χ3v) is 5.72. The summed E-state index contributed by atoms with van der Waals surface area (Å²) in [5.41, 5.74) is 1.12. The normalized spacial score (nSPS) is 14.3. The predicted octanol–water partition coefficient (Wildman–Crippen LogP) is 2.61. The van der Waals surface area contributed by atoms with Crippen LogP contribution in [0.15, 0.2) is 35.3 Å². The first kappa shape index (κ1) is 22.6. The van der Waals surface area contributed by atoms with E-state index >= 15 is 0 Å². The lowest BCUT2D eigenvalue weighted by Crippen LogP contribution is -2.43. The molecule has 0 aliphatic carbocycles. The molecule has 0 saturated heterocycles. The maximum absolute atomic E-state index is 12.2. The van der Waals surface area contributed by atoms with Gasteiger partial charge in [0, 0.05) is 41.9 Å². The zero-order valence-corrected chi connectivity index (χ0v) is 17.6. The van der Waals surface area contributed by atoms with Gasteiger partial charge in [-0.05, 0) is 45.0 Å². The highest BCUT2D eigenvalue weighted by Crippen LogP contribution is 2.02. The second kappa shape index (κ2) is 13.8. The summed E-state index contributed by atoms with van der Waals surface area (Å²) < 4.78 is 12.2. The van der Waals surface area contributed by atoms with Gasteiger partial charge in [0.1, 0.15) is 0 Å². The summed E-state index contributed by atoms with van der Waals surface area (Å²) in [6.45, 7) is 10.6. The van der Waals surface area contributed by atoms with Crippen molar-refractivity contribution in [3.63, 3.8) is 0 Å². The first-order chi connectivity index (χ1) is 12.6. The Balaban J connectivity index is 2.22. The van der Waals surface area contributed by atoms with Crippen LogP contribution in [0.25, 0.3) is 0 Å². The maximum Gasteiger partial charge on any atom is 0.191 e. The quantitative estimate of drug-likeness (QED) is 0.432. The van der Waals surface area contributed by atoms with Crippen LogP contribution in [0.4, 0.5) is 0 Å². The van der Waals surface area contributed by atoms with Crippen LogP contribution in [0, 0.1) is 0 Å². The van der Waals surface area contributed by atoms with Crippen LogP contribution < -0.4 is 10.6 Å². The summed E-state index contributed by atoms with van der Waals surface area (Å²) >= 11 is 0. The summed E-state index contributed by atoms with van der Waals surface area (Å²) in [5, 5.41) is 6.70. The molecule has 148 valence electrons. The Labute approximate surface area is 162 Å². The predicted molar refractivity (Wildman–Crippen MR) is 114 cm³/mol. The van der Waals surface area contributed by atoms with Gasteiger partial charge in [-0.2, -0.15) is 0 Å². The fourth-order valence-corrected chi connectivity index (χ4v) is 3.81. The number of guanidine groups is 1. The van der Waals surface area contributed by atoms with Gasteiger partial charge < -0.3 is 15.5 Å². The number of aliphatic imine (C=N–C) groups is 1. The number of benzene rings is 1. The van der Waals surface area contributed by atoms with E-state index in [4.69, 9.17) is 0 Å². The first-order valence-electron chi connectivity index (χ1n) is 9.67. The molecule has 6 heteroatoms. The molecule has 1 rings (SSSR count). The molecule has 0 aliphatic rings. The molecule has 2 atom stereocenters. The third kappa shape index (κ3) is 9.92. The van der Waals surface area contributed by atoms with E-state index in [1.807, 2.05) is 30.3 Å². The molecule has 1 aromatic carbocycles. The fourth-order valence-electron chi connectivity index (χ4n) is 2.78. The summed E-state index contributed by atoms with van der Waals surface area (Å²) in [6.07, 6.45) is 2.28. The van der Waals surface area contributed by atoms with Crippen molar-refractivity contribution < 1.29 is 4.21 Å². The van der Waals surface area contributed by atoms with Crippen molar-refractivity contribution >= 4 is 16.8 Å². The Morgan fingerprint density at radius 2 is 1.92 bits per heavy atom. The van der Waals surface area contributed by atoms with E-state index in [-0.39, 0.29) is 0 Å². The van der Waals surface area contributed by atoms with E-state index in [9.17, 15) is 4.21 Å². The summed E-state index contributed by atoms with van der Waals surface area (Å²) in [6, 6.07) is 10.4. The highest BCUT2D eigenvalue weighted by Gasteiger charge is 2.07. The smallest absolute Gasteiger partial charge is 0.191 e. The molecule has 0 saturated carbocycles. The second-order valence-corrected chi connectivity index (χ2v) is 8.06. The minimum atomic E-state index is -0.865. The van der Waals surface area contributed by atoms with Crippen LogP contribution in [0.3, 0.4) is 0 Å². The standard InChI is InChI=1S/C20H36N4OS/c1-5-24(6-2)15-10-11-18(3)23-20(21-4)22-14-16-26(25)17-19-12-8-7-9-13-19/h7-9,12-13,18H,5-6,10-11,14-17H2,1-4H3,(H2,21,22,23). The van der Waals surface area contributed by atoms with E-state index in [0.29, 0.717) is 24.1 Å². The Kier molecular flexibility index (Phi) is 12.0. The maximum atomic E-state index is 12.2. The minimum Gasteiger partial charge on any atom is -0.355 e. The average Bonchev–Trinajstić information content (AvgIpc) is 2.65. The number of hydrogen-bond acceptors (Lipinski definition) is 3. The zero-order valence-electron chi connectivity index (χ0n) is 16.8. The van der Waals surface area contributed by atoms with E-state index < -0.39 is 10.8 Å². The molecule has 0 fully saturated rings. The van der Waals surface area contributed by atoms with Gasteiger partial charge in [-0.25, -0.2) is 0 Å². The largest absolute Gasteiger partial charge is 0.355 e. The first-order valence-corrected chi connectivity index (χ1v) is 11.2. The van der Waals surface area contributed by atoms with Crippen LogP contribution >= 0.6 is 0 Å². The Bertz CT molecular complexity index is 532. The van der Waals surface area contributed by atoms with Crippen LogP contribution in [-0.2, 0) is 16.6 Å². The molecule has 0 spiro atoms. The highest BCUT2D eigenvalue weighted by molar-refractivity contribution is 7.84. The van der Waals surface area contributed by atoms with Gasteiger partial charge in [0.25, 0.3) is 0 Å².